The van der Waals surface area contributed by atoms with Gasteiger partial charge in [0.2, 0.25) is 0 Å². The van der Waals surface area contributed by atoms with E-state index in [4.69, 9.17) is 16.9 Å². The molecule has 3 rings (SSSR count). The Kier molecular flexibility index (Phi) is 3.68. The molecular weight excluding hydrogens is 328 g/mol. The molecule has 0 unspecified atom stereocenters. The van der Waals surface area contributed by atoms with Crippen LogP contribution in [0.25, 0.3) is 10.9 Å². The van der Waals surface area contributed by atoms with Crippen LogP contribution in [0.1, 0.15) is 5.56 Å². The largest absolute Gasteiger partial charge is 0.290 e. The van der Waals surface area contributed by atoms with Crippen molar-refractivity contribution in [2.75, 3.05) is 0 Å². The first-order valence-electron chi connectivity index (χ1n) is 5.80. The van der Waals surface area contributed by atoms with Crippen molar-refractivity contribution in [1.29, 1.82) is 5.26 Å². The predicted molar refractivity (Wildman–Crippen MR) is 82.9 cm³/mol. The summed E-state index contributed by atoms with van der Waals surface area (Å²) in [6.45, 7) is 0. The van der Waals surface area contributed by atoms with Gasteiger partial charge in [-0.15, -0.1) is 0 Å². The number of halogens is 1. The van der Waals surface area contributed by atoms with E-state index < -0.39 is 0 Å². The van der Waals surface area contributed by atoms with E-state index in [9.17, 15) is 4.79 Å². The molecule has 2 aromatic heterocycles. The van der Waals surface area contributed by atoms with Gasteiger partial charge in [0.15, 0.2) is 10.3 Å². The van der Waals surface area contributed by atoms with Gasteiger partial charge in [0.05, 0.1) is 10.9 Å². The molecule has 21 heavy (non-hydrogen) atoms. The van der Waals surface area contributed by atoms with E-state index in [0.717, 1.165) is 11.5 Å². The highest BCUT2D eigenvalue weighted by Crippen LogP contribution is 2.35. The predicted octanol–water partition coefficient (Wildman–Crippen LogP) is 3.07. The van der Waals surface area contributed by atoms with Gasteiger partial charge in [0.25, 0.3) is 5.56 Å². The second-order valence-corrected chi connectivity index (χ2v) is 6.49. The van der Waals surface area contributed by atoms with Crippen LogP contribution in [0.15, 0.2) is 38.4 Å². The minimum absolute atomic E-state index is 0.128. The van der Waals surface area contributed by atoms with Crippen molar-refractivity contribution in [3.63, 3.8) is 0 Å². The Labute approximate surface area is 133 Å². The van der Waals surface area contributed by atoms with Gasteiger partial charge in [-0.2, -0.15) is 9.64 Å². The first kappa shape index (κ1) is 14.1. The summed E-state index contributed by atoms with van der Waals surface area (Å²) in [5.41, 5.74) is 0.809. The quantitative estimate of drug-likeness (QED) is 0.673. The van der Waals surface area contributed by atoms with Crippen molar-refractivity contribution in [3.05, 3.63) is 45.3 Å². The number of fused-ring (bicyclic) bond motifs is 1. The number of nitriles is 1. The summed E-state index contributed by atoms with van der Waals surface area (Å²) in [5, 5.41) is 10.3. The first-order valence-corrected chi connectivity index (χ1v) is 7.77. The van der Waals surface area contributed by atoms with Crippen molar-refractivity contribution < 1.29 is 0 Å². The smallest absolute Gasteiger partial charge is 0.261 e. The zero-order valence-electron chi connectivity index (χ0n) is 10.7. The maximum Gasteiger partial charge on any atom is 0.261 e. The molecule has 5 nitrogen and oxygen atoms in total. The average Bonchev–Trinajstić information content (AvgIpc) is 2.84. The zero-order valence-corrected chi connectivity index (χ0v) is 13.1. The summed E-state index contributed by atoms with van der Waals surface area (Å²) in [5.74, 6) is 0. The Morgan fingerprint density at radius 3 is 2.95 bits per heavy atom. The van der Waals surface area contributed by atoms with Crippen molar-refractivity contribution >= 4 is 45.8 Å². The number of aromatic nitrogens is 3. The molecule has 2 heterocycles. The Morgan fingerprint density at radius 2 is 2.19 bits per heavy atom. The second kappa shape index (κ2) is 5.48. The van der Waals surface area contributed by atoms with Crippen LogP contribution in [0, 0.1) is 11.3 Å². The Morgan fingerprint density at radius 1 is 1.43 bits per heavy atom. The number of para-hydroxylation sites is 1. The number of rotatable bonds is 2. The van der Waals surface area contributed by atoms with E-state index in [1.54, 1.807) is 25.2 Å². The van der Waals surface area contributed by atoms with Gasteiger partial charge >= 0.3 is 0 Å². The molecule has 0 saturated carbocycles. The van der Waals surface area contributed by atoms with Crippen LogP contribution in [0.5, 0.6) is 0 Å². The van der Waals surface area contributed by atoms with Crippen molar-refractivity contribution in [3.8, 4) is 6.07 Å². The first-order chi connectivity index (χ1) is 10.1. The number of hydrogen-bond donors (Lipinski definition) is 0. The maximum atomic E-state index is 12.3. The Bertz CT molecular complexity index is 941. The minimum atomic E-state index is -0.128. The summed E-state index contributed by atoms with van der Waals surface area (Å²) >= 11 is 8.19. The highest BCUT2D eigenvalue weighted by atomic mass is 35.5. The standard InChI is InChI=1S/C13H7ClN4OS2/c1-18-11(19)7-4-2-3-5-9(7)16-13(18)20-12-8(6-15)10(14)17-21-12/h2-5H,1H3. The summed E-state index contributed by atoms with van der Waals surface area (Å²) in [7, 11) is 1.65. The molecule has 0 bridgehead atoms. The fourth-order valence-corrected chi connectivity index (χ4v) is 3.89. The summed E-state index contributed by atoms with van der Waals surface area (Å²) in [6, 6.07) is 9.17. The summed E-state index contributed by atoms with van der Waals surface area (Å²) in [4.78, 5) is 16.8. The van der Waals surface area contributed by atoms with Crippen LogP contribution in [0.2, 0.25) is 5.15 Å². The average molecular weight is 335 g/mol. The van der Waals surface area contributed by atoms with Gasteiger partial charge in [0.1, 0.15) is 15.8 Å². The Hall–Kier alpha value is -1.88. The van der Waals surface area contributed by atoms with Gasteiger partial charge in [-0.3, -0.25) is 9.36 Å². The molecule has 0 spiro atoms. The number of hydrogen-bond acceptors (Lipinski definition) is 6. The lowest BCUT2D eigenvalue weighted by atomic mass is 10.2. The van der Waals surface area contributed by atoms with E-state index in [0.29, 0.717) is 25.8 Å². The van der Waals surface area contributed by atoms with Gasteiger partial charge < -0.3 is 0 Å². The molecule has 0 amide bonds. The van der Waals surface area contributed by atoms with Crippen LogP contribution in [0.3, 0.4) is 0 Å². The fraction of sp³-hybridized carbons (Fsp3) is 0.0769. The van der Waals surface area contributed by atoms with Crippen LogP contribution < -0.4 is 5.56 Å². The lowest BCUT2D eigenvalue weighted by molar-refractivity contribution is 0.726. The lowest BCUT2D eigenvalue weighted by Gasteiger charge is -2.07. The molecule has 0 aliphatic carbocycles. The van der Waals surface area contributed by atoms with Gasteiger partial charge in [0, 0.05) is 7.05 Å². The third kappa shape index (κ3) is 2.42. The third-order valence-corrected chi connectivity index (χ3v) is 5.29. The van der Waals surface area contributed by atoms with Crippen LogP contribution in [0.4, 0.5) is 0 Å². The van der Waals surface area contributed by atoms with E-state index in [2.05, 4.69) is 9.36 Å². The van der Waals surface area contributed by atoms with Crippen molar-refractivity contribution in [2.45, 2.75) is 9.37 Å². The molecule has 0 aliphatic heterocycles. The molecule has 0 aliphatic rings. The number of benzene rings is 1. The van der Waals surface area contributed by atoms with Gasteiger partial charge in [-0.1, -0.05) is 23.7 Å². The second-order valence-electron chi connectivity index (χ2n) is 4.13. The molecule has 0 atom stereocenters. The van der Waals surface area contributed by atoms with E-state index in [1.807, 2.05) is 12.1 Å². The highest BCUT2D eigenvalue weighted by molar-refractivity contribution is 8.01. The molecule has 0 saturated heterocycles. The number of nitrogens with zero attached hydrogens (tertiary/aromatic N) is 4. The molecular formula is C13H7ClN4OS2. The molecule has 0 N–H and O–H groups in total. The molecule has 0 fully saturated rings. The SMILES string of the molecule is Cn1c(Sc2snc(Cl)c2C#N)nc2ccccc2c1=O. The van der Waals surface area contributed by atoms with E-state index >= 15 is 0 Å². The summed E-state index contributed by atoms with van der Waals surface area (Å²) < 4.78 is 6.03. The van der Waals surface area contributed by atoms with Crippen LogP contribution >= 0.6 is 34.9 Å². The molecule has 3 aromatic rings. The van der Waals surface area contributed by atoms with Crippen LogP contribution in [-0.4, -0.2) is 13.9 Å². The van der Waals surface area contributed by atoms with E-state index in [-0.39, 0.29) is 10.7 Å². The minimum Gasteiger partial charge on any atom is -0.290 e. The topological polar surface area (TPSA) is 71.6 Å². The third-order valence-electron chi connectivity index (χ3n) is 2.86. The normalized spacial score (nSPS) is 10.7. The van der Waals surface area contributed by atoms with Gasteiger partial charge in [-0.25, -0.2) is 4.98 Å². The molecule has 8 heteroatoms. The van der Waals surface area contributed by atoms with Crippen molar-refractivity contribution in [1.82, 2.24) is 13.9 Å². The van der Waals surface area contributed by atoms with Crippen LogP contribution in [-0.2, 0) is 7.05 Å². The van der Waals surface area contributed by atoms with Crippen molar-refractivity contribution in [2.24, 2.45) is 7.05 Å². The zero-order chi connectivity index (χ0) is 15.0. The monoisotopic (exact) mass is 334 g/mol. The summed E-state index contributed by atoms with van der Waals surface area (Å²) in [6.07, 6.45) is 0. The lowest BCUT2D eigenvalue weighted by Crippen LogP contribution is -2.19. The maximum absolute atomic E-state index is 12.3. The molecule has 1 aromatic carbocycles. The Balaban J connectivity index is 2.15. The molecule has 104 valence electrons. The fourth-order valence-electron chi connectivity index (χ4n) is 1.79. The molecule has 0 radical (unpaired) electrons. The van der Waals surface area contributed by atoms with E-state index in [1.165, 1.54) is 16.3 Å². The van der Waals surface area contributed by atoms with Gasteiger partial charge in [-0.05, 0) is 35.4 Å². The highest BCUT2D eigenvalue weighted by Gasteiger charge is 2.16.